The minimum atomic E-state index is -4.63. The summed E-state index contributed by atoms with van der Waals surface area (Å²) in [5, 5.41) is 10.7. The summed E-state index contributed by atoms with van der Waals surface area (Å²) in [6, 6.07) is 7.07. The number of piperidine rings is 1. The van der Waals surface area contributed by atoms with Gasteiger partial charge in [0, 0.05) is 25.2 Å². The fraction of sp³-hybridized carbons (Fsp3) is 0.333. The lowest BCUT2D eigenvalue weighted by atomic mass is 10.1. The van der Waals surface area contributed by atoms with Crippen LogP contribution in [0, 0.1) is 10.1 Å². The maximum absolute atomic E-state index is 13.2. The van der Waals surface area contributed by atoms with E-state index in [-0.39, 0.29) is 16.3 Å². The van der Waals surface area contributed by atoms with Crippen molar-refractivity contribution >= 4 is 27.1 Å². The molecule has 1 aliphatic rings. The molecule has 156 valence electrons. The quantitative estimate of drug-likeness (QED) is 0.562. The van der Waals surface area contributed by atoms with Crippen molar-refractivity contribution in [1.82, 2.24) is 0 Å². The number of hydrogen-bond acceptors (Lipinski definition) is 5. The van der Waals surface area contributed by atoms with E-state index in [1.807, 2.05) is 4.90 Å². The van der Waals surface area contributed by atoms with Crippen LogP contribution in [0.3, 0.4) is 0 Å². The molecule has 1 heterocycles. The van der Waals surface area contributed by atoms with Gasteiger partial charge in [0.1, 0.15) is 0 Å². The third-order valence-corrected chi connectivity index (χ3v) is 6.00. The SMILES string of the molecule is O=[N+]([O-])c1ccc(S(=O)(=O)Nc2cc(C(F)(F)F)ccc2N2CCCCC2)cc1. The van der Waals surface area contributed by atoms with Crippen LogP contribution in [0.1, 0.15) is 24.8 Å². The molecule has 0 saturated carbocycles. The number of rotatable bonds is 5. The number of benzene rings is 2. The second-order valence-corrected chi connectivity index (χ2v) is 8.32. The first-order chi connectivity index (χ1) is 13.6. The molecular formula is C18H18F3N3O4S. The molecule has 11 heteroatoms. The molecule has 0 atom stereocenters. The van der Waals surface area contributed by atoms with E-state index in [1.54, 1.807) is 0 Å². The van der Waals surface area contributed by atoms with Gasteiger partial charge in [-0.2, -0.15) is 13.2 Å². The molecule has 1 fully saturated rings. The summed E-state index contributed by atoms with van der Waals surface area (Å²) in [4.78, 5) is 11.6. The van der Waals surface area contributed by atoms with Gasteiger partial charge in [0.05, 0.1) is 26.8 Å². The number of hydrogen-bond donors (Lipinski definition) is 1. The van der Waals surface area contributed by atoms with Gasteiger partial charge in [-0.15, -0.1) is 0 Å². The Bertz CT molecular complexity index is 1000. The Hall–Kier alpha value is -2.82. The van der Waals surface area contributed by atoms with E-state index in [0.717, 1.165) is 55.7 Å². The lowest BCUT2D eigenvalue weighted by Gasteiger charge is -2.31. The minimum Gasteiger partial charge on any atom is -0.370 e. The van der Waals surface area contributed by atoms with Crippen molar-refractivity contribution in [3.63, 3.8) is 0 Å². The molecule has 2 aromatic carbocycles. The Kier molecular flexibility index (Phi) is 5.69. The highest BCUT2D eigenvalue weighted by atomic mass is 32.2. The normalized spacial score (nSPS) is 15.2. The third kappa shape index (κ3) is 4.78. The van der Waals surface area contributed by atoms with Crippen molar-refractivity contribution in [2.24, 2.45) is 0 Å². The van der Waals surface area contributed by atoms with Crippen molar-refractivity contribution in [2.45, 2.75) is 30.3 Å². The Balaban J connectivity index is 1.99. The smallest absolute Gasteiger partial charge is 0.370 e. The van der Waals surface area contributed by atoms with Crippen molar-refractivity contribution < 1.29 is 26.5 Å². The van der Waals surface area contributed by atoms with E-state index in [4.69, 9.17) is 0 Å². The zero-order chi connectivity index (χ0) is 21.2. The van der Waals surface area contributed by atoms with Crippen LogP contribution in [0.25, 0.3) is 0 Å². The summed E-state index contributed by atoms with van der Waals surface area (Å²) >= 11 is 0. The molecule has 29 heavy (non-hydrogen) atoms. The van der Waals surface area contributed by atoms with Gasteiger partial charge in [-0.1, -0.05) is 0 Å². The molecule has 0 spiro atoms. The molecule has 0 bridgehead atoms. The topological polar surface area (TPSA) is 92.5 Å². The Morgan fingerprint density at radius 3 is 2.17 bits per heavy atom. The van der Waals surface area contributed by atoms with Crippen LogP contribution in [0.4, 0.5) is 30.2 Å². The number of alkyl halides is 3. The second-order valence-electron chi connectivity index (χ2n) is 6.63. The first-order valence-electron chi connectivity index (χ1n) is 8.81. The largest absolute Gasteiger partial charge is 0.416 e. The lowest BCUT2D eigenvalue weighted by molar-refractivity contribution is -0.384. The predicted octanol–water partition coefficient (Wildman–Crippen LogP) is 4.40. The number of nitrogens with one attached hydrogen (secondary N) is 1. The fourth-order valence-electron chi connectivity index (χ4n) is 3.16. The third-order valence-electron chi connectivity index (χ3n) is 4.62. The van der Waals surface area contributed by atoms with Crippen molar-refractivity contribution in [3.05, 3.63) is 58.1 Å². The lowest BCUT2D eigenvalue weighted by Crippen LogP contribution is -2.30. The monoisotopic (exact) mass is 429 g/mol. The van der Waals surface area contributed by atoms with E-state index in [1.165, 1.54) is 6.07 Å². The summed E-state index contributed by atoms with van der Waals surface area (Å²) in [7, 11) is -4.25. The van der Waals surface area contributed by atoms with E-state index in [0.29, 0.717) is 18.8 Å². The number of nitrogens with zero attached hydrogens (tertiary/aromatic N) is 2. The molecule has 0 radical (unpaired) electrons. The highest BCUT2D eigenvalue weighted by Gasteiger charge is 2.32. The molecule has 1 N–H and O–H groups in total. The van der Waals surface area contributed by atoms with Crippen molar-refractivity contribution in [3.8, 4) is 0 Å². The maximum Gasteiger partial charge on any atom is 0.416 e. The van der Waals surface area contributed by atoms with E-state index >= 15 is 0 Å². The summed E-state index contributed by atoms with van der Waals surface area (Å²) in [5.41, 5.74) is -1.08. The van der Waals surface area contributed by atoms with Gasteiger partial charge in [0.2, 0.25) is 0 Å². The summed E-state index contributed by atoms with van der Waals surface area (Å²) in [6.45, 7) is 1.22. The number of nitro groups is 1. The minimum absolute atomic E-state index is 0.180. The average Bonchev–Trinajstić information content (AvgIpc) is 2.67. The average molecular weight is 429 g/mol. The van der Waals surface area contributed by atoms with Crippen LogP contribution in [0.2, 0.25) is 0 Å². The zero-order valence-corrected chi connectivity index (χ0v) is 16.0. The molecular weight excluding hydrogens is 411 g/mol. The molecule has 1 aliphatic heterocycles. The Labute approximate surface area is 165 Å². The van der Waals surface area contributed by atoms with Crippen molar-refractivity contribution in [1.29, 1.82) is 0 Å². The van der Waals surface area contributed by atoms with Crippen LogP contribution in [-0.2, 0) is 16.2 Å². The Morgan fingerprint density at radius 1 is 1.00 bits per heavy atom. The van der Waals surface area contributed by atoms with Gasteiger partial charge >= 0.3 is 6.18 Å². The standard InChI is InChI=1S/C18H18F3N3O4S/c19-18(20,21)13-4-9-17(23-10-2-1-3-11-23)16(12-13)22-29(27,28)15-7-5-14(6-8-15)24(25)26/h4-9,12,22H,1-3,10-11H2. The number of sulfonamides is 1. The van der Waals surface area contributed by atoms with Crippen LogP contribution < -0.4 is 9.62 Å². The molecule has 0 aliphatic carbocycles. The highest BCUT2D eigenvalue weighted by molar-refractivity contribution is 7.92. The van der Waals surface area contributed by atoms with Gasteiger partial charge in [0.15, 0.2) is 0 Å². The zero-order valence-electron chi connectivity index (χ0n) is 15.1. The number of nitro benzene ring substituents is 1. The van der Waals surface area contributed by atoms with Crippen LogP contribution in [0.15, 0.2) is 47.4 Å². The van der Waals surface area contributed by atoms with Crippen LogP contribution in [-0.4, -0.2) is 26.4 Å². The van der Waals surface area contributed by atoms with Gasteiger partial charge in [-0.05, 0) is 49.6 Å². The van der Waals surface area contributed by atoms with Gasteiger partial charge < -0.3 is 4.90 Å². The van der Waals surface area contributed by atoms with Gasteiger partial charge in [0.25, 0.3) is 15.7 Å². The molecule has 0 amide bonds. The second kappa shape index (κ2) is 7.90. The van der Waals surface area contributed by atoms with Crippen LogP contribution in [0.5, 0.6) is 0 Å². The summed E-state index contributed by atoms with van der Waals surface area (Å²) in [5.74, 6) is 0. The first-order valence-corrected chi connectivity index (χ1v) is 10.3. The van der Waals surface area contributed by atoms with E-state index in [2.05, 4.69) is 4.72 Å². The summed E-state index contributed by atoms with van der Waals surface area (Å²) < 4.78 is 67.1. The van der Waals surface area contributed by atoms with E-state index in [9.17, 15) is 31.7 Å². The molecule has 2 aromatic rings. The Morgan fingerprint density at radius 2 is 1.62 bits per heavy atom. The maximum atomic E-state index is 13.2. The van der Waals surface area contributed by atoms with Crippen LogP contribution >= 0.6 is 0 Å². The van der Waals surface area contributed by atoms with E-state index < -0.39 is 26.7 Å². The molecule has 1 saturated heterocycles. The molecule has 3 rings (SSSR count). The summed E-state index contributed by atoms with van der Waals surface area (Å²) in [6.07, 6.45) is -1.92. The molecule has 7 nitrogen and oxygen atoms in total. The van der Waals surface area contributed by atoms with Gasteiger partial charge in [-0.25, -0.2) is 8.42 Å². The van der Waals surface area contributed by atoms with Gasteiger partial charge in [-0.3, -0.25) is 14.8 Å². The fourth-order valence-corrected chi connectivity index (χ4v) is 4.22. The highest BCUT2D eigenvalue weighted by Crippen LogP contribution is 2.37. The molecule has 0 unspecified atom stereocenters. The van der Waals surface area contributed by atoms with Crippen molar-refractivity contribution in [2.75, 3.05) is 22.7 Å². The number of halogens is 3. The molecule has 0 aromatic heterocycles. The predicted molar refractivity (Wildman–Crippen MR) is 101 cm³/mol. The number of non-ortho nitro benzene ring substituents is 1. The number of anilines is 2. The first kappa shape index (κ1) is 20.9.